The Morgan fingerprint density at radius 2 is 2.03 bits per heavy atom. The van der Waals surface area contributed by atoms with Gasteiger partial charge in [0.1, 0.15) is 11.5 Å². The first-order valence-electron chi connectivity index (χ1n) is 11.4. The molecule has 0 spiro atoms. The lowest BCUT2D eigenvalue weighted by Gasteiger charge is -2.32. The first-order valence-corrected chi connectivity index (χ1v) is 11.4. The molecule has 1 aliphatic carbocycles. The van der Waals surface area contributed by atoms with Crippen LogP contribution in [-0.2, 0) is 13.1 Å². The topological polar surface area (TPSA) is 83.0 Å². The molecule has 1 aliphatic heterocycles. The molecule has 0 saturated carbocycles. The second-order valence-electron chi connectivity index (χ2n) is 8.76. The van der Waals surface area contributed by atoms with Crippen LogP contribution in [0.25, 0.3) is 0 Å². The number of nitrogens with zero attached hydrogens (tertiary/aromatic N) is 3. The Morgan fingerprint density at radius 3 is 2.74 bits per heavy atom. The van der Waals surface area contributed by atoms with Crippen molar-refractivity contribution in [2.24, 2.45) is 0 Å². The minimum absolute atomic E-state index is 0.0362. The Bertz CT molecular complexity index is 1270. The van der Waals surface area contributed by atoms with Gasteiger partial charge in [-0.25, -0.2) is 4.39 Å². The van der Waals surface area contributed by atoms with Gasteiger partial charge in [0.25, 0.3) is 11.8 Å². The van der Waals surface area contributed by atoms with Crippen LogP contribution in [0.5, 0.6) is 0 Å². The van der Waals surface area contributed by atoms with Crippen molar-refractivity contribution in [3.8, 4) is 0 Å². The number of hydrogen-bond acceptors (Lipinski definition) is 3. The van der Waals surface area contributed by atoms with Crippen LogP contribution >= 0.6 is 0 Å². The number of nitrogens with one attached hydrogen (secondary N) is 2. The highest BCUT2D eigenvalue weighted by molar-refractivity contribution is 5.96. The minimum Gasteiger partial charge on any atom is -0.357 e. The molecule has 1 atom stereocenters. The van der Waals surface area contributed by atoms with Crippen molar-refractivity contribution in [2.45, 2.75) is 38.8 Å². The second-order valence-corrected chi connectivity index (χ2v) is 8.76. The molecule has 1 unspecified atom stereocenters. The highest BCUT2D eigenvalue weighted by Crippen LogP contribution is 2.32. The summed E-state index contributed by atoms with van der Waals surface area (Å²) in [5, 5.41) is 7.65. The molecule has 0 radical (unpaired) electrons. The van der Waals surface area contributed by atoms with Gasteiger partial charge in [-0.2, -0.15) is 5.10 Å². The number of hydrogen-bond donors (Lipinski definition) is 2. The third-order valence-corrected chi connectivity index (χ3v) is 6.23. The maximum atomic E-state index is 13.4. The fourth-order valence-corrected chi connectivity index (χ4v) is 4.64. The highest BCUT2D eigenvalue weighted by atomic mass is 19.1. The molecule has 0 fully saturated rings. The molecule has 8 heteroatoms. The van der Waals surface area contributed by atoms with E-state index in [1.807, 2.05) is 29.8 Å². The summed E-state index contributed by atoms with van der Waals surface area (Å²) in [6.45, 7) is 3.24. The van der Waals surface area contributed by atoms with Crippen molar-refractivity contribution in [3.05, 3.63) is 101 Å². The summed E-state index contributed by atoms with van der Waals surface area (Å²) in [6.07, 6.45) is 9.46. The summed E-state index contributed by atoms with van der Waals surface area (Å²) in [5.41, 5.74) is 4.14. The molecule has 5 rings (SSSR count). The van der Waals surface area contributed by atoms with Gasteiger partial charge in [0.2, 0.25) is 0 Å². The molecule has 3 heterocycles. The maximum absolute atomic E-state index is 13.4. The average Bonchev–Trinajstić information content (AvgIpc) is 3.50. The van der Waals surface area contributed by atoms with Crippen LogP contribution in [0.1, 0.15) is 63.5 Å². The molecule has 2 amide bonds. The van der Waals surface area contributed by atoms with Crippen LogP contribution in [-0.4, -0.2) is 38.0 Å². The third-order valence-electron chi connectivity index (χ3n) is 6.23. The molecular weight excluding hydrogens is 433 g/mol. The van der Waals surface area contributed by atoms with Gasteiger partial charge in [0.15, 0.2) is 5.69 Å². The van der Waals surface area contributed by atoms with E-state index >= 15 is 0 Å². The fraction of sp³-hybridized carbons (Fsp3) is 0.269. The number of halogens is 1. The molecule has 2 N–H and O–H groups in total. The monoisotopic (exact) mass is 459 g/mol. The first kappa shape index (κ1) is 21.9. The van der Waals surface area contributed by atoms with Crippen LogP contribution in [0.15, 0.2) is 66.5 Å². The van der Waals surface area contributed by atoms with E-state index in [9.17, 15) is 14.0 Å². The van der Waals surface area contributed by atoms with Crippen molar-refractivity contribution < 1.29 is 14.0 Å². The zero-order valence-electron chi connectivity index (χ0n) is 18.9. The van der Waals surface area contributed by atoms with E-state index in [-0.39, 0.29) is 23.5 Å². The van der Waals surface area contributed by atoms with Crippen molar-refractivity contribution in [2.75, 3.05) is 6.54 Å². The largest absolute Gasteiger partial charge is 0.357 e. The number of carbonyl (C=O) groups is 2. The van der Waals surface area contributed by atoms with Gasteiger partial charge < -0.3 is 15.2 Å². The van der Waals surface area contributed by atoms with E-state index in [0.29, 0.717) is 31.0 Å². The first-order chi connectivity index (χ1) is 16.5. The quantitative estimate of drug-likeness (QED) is 0.602. The van der Waals surface area contributed by atoms with E-state index in [2.05, 4.69) is 10.3 Å². The molecule has 1 aromatic carbocycles. The Morgan fingerprint density at radius 1 is 1.21 bits per heavy atom. The summed E-state index contributed by atoms with van der Waals surface area (Å²) in [6, 6.07) is 9.81. The smallest absolute Gasteiger partial charge is 0.276 e. The van der Waals surface area contributed by atoms with Gasteiger partial charge >= 0.3 is 0 Å². The fourth-order valence-electron chi connectivity index (χ4n) is 4.64. The highest BCUT2D eigenvalue weighted by Gasteiger charge is 2.34. The van der Waals surface area contributed by atoms with Gasteiger partial charge in [-0.3, -0.25) is 14.3 Å². The van der Waals surface area contributed by atoms with E-state index in [4.69, 9.17) is 5.10 Å². The standard InChI is InChI=1S/C26H26FN5O2/c1-17-14-31(26(34)22-8-5-13-28-22)16-21-23(25(33)29-20-6-3-2-4-7-20)30-32(24(17)21)15-18-9-11-19(27)12-10-18/h3,5-13,17,28H,2,4,14-16H2,1H3,(H,29,33). The number of rotatable bonds is 5. The zero-order valence-corrected chi connectivity index (χ0v) is 18.9. The van der Waals surface area contributed by atoms with Gasteiger partial charge in [-0.15, -0.1) is 0 Å². The van der Waals surface area contributed by atoms with E-state index in [1.165, 1.54) is 12.1 Å². The number of H-pyrrole nitrogens is 1. The third kappa shape index (κ3) is 4.31. The van der Waals surface area contributed by atoms with Crippen molar-refractivity contribution >= 4 is 11.8 Å². The summed E-state index contributed by atoms with van der Waals surface area (Å²) in [7, 11) is 0. The molecule has 3 aromatic rings. The SMILES string of the molecule is CC1CN(C(=O)c2ccc[nH]2)Cc2c(C(=O)NC3=CCCC=C3)nn(Cc3ccc(F)cc3)c21. The van der Waals surface area contributed by atoms with Gasteiger partial charge in [0, 0.05) is 35.6 Å². The average molecular weight is 460 g/mol. The minimum atomic E-state index is -0.299. The van der Waals surface area contributed by atoms with E-state index in [1.54, 1.807) is 35.4 Å². The number of aromatic amines is 1. The molecule has 0 saturated heterocycles. The normalized spacial score (nSPS) is 17.3. The number of allylic oxidation sites excluding steroid dienone is 3. The molecule has 174 valence electrons. The Hall–Kier alpha value is -3.94. The summed E-state index contributed by atoms with van der Waals surface area (Å²) in [5.74, 6) is -0.746. The Labute approximate surface area is 197 Å². The molecular formula is C26H26FN5O2. The van der Waals surface area contributed by atoms with Crippen LogP contribution in [0.3, 0.4) is 0 Å². The van der Waals surface area contributed by atoms with Crippen LogP contribution in [0, 0.1) is 5.82 Å². The predicted molar refractivity (Wildman–Crippen MR) is 126 cm³/mol. The number of carbonyl (C=O) groups excluding carboxylic acids is 2. The predicted octanol–water partition coefficient (Wildman–Crippen LogP) is 4.12. The van der Waals surface area contributed by atoms with Gasteiger partial charge in [-0.05, 0) is 48.7 Å². The number of amides is 2. The Kier molecular flexibility index (Phi) is 5.88. The van der Waals surface area contributed by atoms with E-state index < -0.39 is 0 Å². The van der Waals surface area contributed by atoms with Crippen molar-refractivity contribution in [3.63, 3.8) is 0 Å². The molecule has 34 heavy (non-hydrogen) atoms. The molecule has 0 bridgehead atoms. The lowest BCUT2D eigenvalue weighted by atomic mass is 9.95. The number of aromatic nitrogens is 3. The second kappa shape index (κ2) is 9.13. The zero-order chi connectivity index (χ0) is 23.7. The van der Waals surface area contributed by atoms with Crippen LogP contribution in [0.4, 0.5) is 4.39 Å². The summed E-state index contributed by atoms with van der Waals surface area (Å²) < 4.78 is 15.2. The van der Waals surface area contributed by atoms with Gasteiger partial charge in [0.05, 0.1) is 13.1 Å². The molecule has 2 aliphatic rings. The van der Waals surface area contributed by atoms with Crippen LogP contribution in [0.2, 0.25) is 0 Å². The molecule has 2 aromatic heterocycles. The van der Waals surface area contributed by atoms with Gasteiger partial charge in [-0.1, -0.05) is 31.2 Å². The number of fused-ring (bicyclic) bond motifs is 1. The number of benzene rings is 1. The van der Waals surface area contributed by atoms with Crippen LogP contribution < -0.4 is 5.32 Å². The van der Waals surface area contributed by atoms with E-state index in [0.717, 1.165) is 35.4 Å². The Balaban J connectivity index is 1.50. The molecule has 7 nitrogen and oxygen atoms in total. The lowest BCUT2D eigenvalue weighted by molar-refractivity contribution is 0.0711. The lowest BCUT2D eigenvalue weighted by Crippen LogP contribution is -2.39. The summed E-state index contributed by atoms with van der Waals surface area (Å²) >= 11 is 0. The maximum Gasteiger partial charge on any atom is 0.276 e. The summed E-state index contributed by atoms with van der Waals surface area (Å²) in [4.78, 5) is 31.1. The van der Waals surface area contributed by atoms with Crippen molar-refractivity contribution in [1.29, 1.82) is 0 Å². The van der Waals surface area contributed by atoms with Crippen molar-refractivity contribution in [1.82, 2.24) is 25.0 Å².